The minimum Gasteiger partial charge on any atom is -0.321 e. The standard InChI is InChI=1S/C10H9F4N/c11-6-1-2-8(12)7(3-6)9(15)4-10(13,14)5-9/h1-3H,4-5,15H2. The normalized spacial score (nSPS) is 22.2. The van der Waals surface area contributed by atoms with Gasteiger partial charge < -0.3 is 5.73 Å². The molecule has 1 fully saturated rings. The summed E-state index contributed by atoms with van der Waals surface area (Å²) < 4.78 is 51.4. The van der Waals surface area contributed by atoms with Gasteiger partial charge in [-0.3, -0.25) is 0 Å². The number of halogens is 4. The summed E-state index contributed by atoms with van der Waals surface area (Å²) in [6, 6.07) is 2.71. The van der Waals surface area contributed by atoms with Gasteiger partial charge >= 0.3 is 0 Å². The molecule has 0 bridgehead atoms. The van der Waals surface area contributed by atoms with Gasteiger partial charge in [-0.05, 0) is 18.2 Å². The Balaban J connectivity index is 2.35. The number of benzene rings is 1. The first kappa shape index (κ1) is 10.4. The van der Waals surface area contributed by atoms with Crippen LogP contribution in [0.2, 0.25) is 0 Å². The van der Waals surface area contributed by atoms with Crippen molar-refractivity contribution in [2.24, 2.45) is 5.73 Å². The van der Waals surface area contributed by atoms with Gasteiger partial charge in [-0.15, -0.1) is 0 Å². The molecular formula is C10H9F4N. The Morgan fingerprint density at radius 3 is 2.27 bits per heavy atom. The molecule has 82 valence electrons. The van der Waals surface area contributed by atoms with Gasteiger partial charge in [-0.25, -0.2) is 17.6 Å². The fourth-order valence-corrected chi connectivity index (χ4v) is 1.94. The minimum absolute atomic E-state index is 0.173. The number of alkyl halides is 2. The highest BCUT2D eigenvalue weighted by Crippen LogP contribution is 2.50. The van der Waals surface area contributed by atoms with E-state index >= 15 is 0 Å². The molecule has 1 aromatic rings. The van der Waals surface area contributed by atoms with Crippen LogP contribution in [0, 0.1) is 11.6 Å². The van der Waals surface area contributed by atoms with Gasteiger partial charge in [0.15, 0.2) is 0 Å². The van der Waals surface area contributed by atoms with Crippen LogP contribution < -0.4 is 5.73 Å². The fraction of sp³-hybridized carbons (Fsp3) is 0.400. The fourth-order valence-electron chi connectivity index (χ4n) is 1.94. The summed E-state index contributed by atoms with van der Waals surface area (Å²) in [6.45, 7) is 0. The van der Waals surface area contributed by atoms with Crippen molar-refractivity contribution in [2.75, 3.05) is 0 Å². The van der Waals surface area contributed by atoms with Crippen LogP contribution in [0.5, 0.6) is 0 Å². The third-order valence-corrected chi connectivity index (χ3v) is 2.61. The highest BCUT2D eigenvalue weighted by molar-refractivity contribution is 5.30. The van der Waals surface area contributed by atoms with Crippen molar-refractivity contribution in [1.29, 1.82) is 0 Å². The smallest absolute Gasteiger partial charge is 0.252 e. The van der Waals surface area contributed by atoms with E-state index in [1.165, 1.54) is 0 Å². The van der Waals surface area contributed by atoms with Crippen LogP contribution in [0.4, 0.5) is 17.6 Å². The van der Waals surface area contributed by atoms with E-state index in [-0.39, 0.29) is 5.56 Å². The molecule has 1 saturated carbocycles. The Kier molecular flexibility index (Phi) is 2.05. The van der Waals surface area contributed by atoms with E-state index < -0.39 is 35.9 Å². The van der Waals surface area contributed by atoms with E-state index in [1.807, 2.05) is 0 Å². The molecular weight excluding hydrogens is 210 g/mol. The van der Waals surface area contributed by atoms with Gasteiger partial charge in [-0.1, -0.05) is 0 Å². The number of hydrogen-bond acceptors (Lipinski definition) is 1. The molecule has 0 unspecified atom stereocenters. The summed E-state index contributed by atoms with van der Waals surface area (Å²) in [5.41, 5.74) is 3.98. The second-order valence-electron chi connectivity index (χ2n) is 3.99. The van der Waals surface area contributed by atoms with Crippen LogP contribution in [0.1, 0.15) is 18.4 Å². The summed E-state index contributed by atoms with van der Waals surface area (Å²) >= 11 is 0. The number of rotatable bonds is 1. The molecule has 1 nitrogen and oxygen atoms in total. The number of nitrogens with two attached hydrogens (primary N) is 1. The maximum Gasteiger partial charge on any atom is 0.252 e. The lowest BCUT2D eigenvalue weighted by atomic mass is 9.69. The molecule has 0 saturated heterocycles. The molecule has 0 radical (unpaired) electrons. The first-order valence-corrected chi connectivity index (χ1v) is 4.45. The van der Waals surface area contributed by atoms with Crippen LogP contribution in [0.3, 0.4) is 0 Å². The predicted molar refractivity (Wildman–Crippen MR) is 46.4 cm³/mol. The van der Waals surface area contributed by atoms with Crippen molar-refractivity contribution in [3.05, 3.63) is 35.4 Å². The van der Waals surface area contributed by atoms with Crippen molar-refractivity contribution in [3.63, 3.8) is 0 Å². The molecule has 0 atom stereocenters. The molecule has 1 aromatic carbocycles. The molecule has 2 N–H and O–H groups in total. The lowest BCUT2D eigenvalue weighted by Gasteiger charge is -2.44. The van der Waals surface area contributed by atoms with Gasteiger partial charge in [0.2, 0.25) is 0 Å². The van der Waals surface area contributed by atoms with Crippen molar-refractivity contribution >= 4 is 0 Å². The maximum atomic E-state index is 13.2. The molecule has 15 heavy (non-hydrogen) atoms. The summed E-state index contributed by atoms with van der Waals surface area (Å²) in [4.78, 5) is 0. The molecule has 0 heterocycles. The summed E-state index contributed by atoms with van der Waals surface area (Å²) in [6.07, 6.45) is -1.28. The highest BCUT2D eigenvalue weighted by Gasteiger charge is 2.56. The zero-order chi connectivity index (χ0) is 11.3. The monoisotopic (exact) mass is 219 g/mol. The lowest BCUT2D eigenvalue weighted by Crippen LogP contribution is -2.56. The molecule has 1 aliphatic carbocycles. The average molecular weight is 219 g/mol. The predicted octanol–water partition coefficient (Wildman–Crippen LogP) is 2.55. The third-order valence-electron chi connectivity index (χ3n) is 2.61. The van der Waals surface area contributed by atoms with Crippen LogP contribution >= 0.6 is 0 Å². The molecule has 5 heteroatoms. The van der Waals surface area contributed by atoms with Crippen molar-refractivity contribution in [2.45, 2.75) is 24.3 Å². The zero-order valence-corrected chi connectivity index (χ0v) is 7.74. The largest absolute Gasteiger partial charge is 0.321 e. The summed E-state index contributed by atoms with van der Waals surface area (Å²) in [5.74, 6) is -4.28. The van der Waals surface area contributed by atoms with Crippen LogP contribution in [-0.4, -0.2) is 5.92 Å². The summed E-state index contributed by atoms with van der Waals surface area (Å²) in [5, 5.41) is 0. The molecule has 0 spiro atoms. The van der Waals surface area contributed by atoms with Gasteiger partial charge in [0, 0.05) is 18.4 Å². The molecule has 2 rings (SSSR count). The van der Waals surface area contributed by atoms with E-state index in [1.54, 1.807) is 0 Å². The maximum absolute atomic E-state index is 13.2. The Hall–Kier alpha value is -1.10. The Morgan fingerprint density at radius 1 is 1.13 bits per heavy atom. The second-order valence-corrected chi connectivity index (χ2v) is 3.99. The van der Waals surface area contributed by atoms with Crippen molar-refractivity contribution < 1.29 is 17.6 Å². The van der Waals surface area contributed by atoms with Gasteiger partial charge in [0.25, 0.3) is 5.92 Å². The quantitative estimate of drug-likeness (QED) is 0.721. The van der Waals surface area contributed by atoms with Crippen LogP contribution in [0.15, 0.2) is 18.2 Å². The third kappa shape index (κ3) is 1.71. The van der Waals surface area contributed by atoms with E-state index in [4.69, 9.17) is 5.73 Å². The SMILES string of the molecule is NC1(c2cc(F)ccc2F)CC(F)(F)C1. The topological polar surface area (TPSA) is 26.0 Å². The number of hydrogen-bond donors (Lipinski definition) is 1. The first-order valence-electron chi connectivity index (χ1n) is 4.45. The molecule has 0 aromatic heterocycles. The molecule has 0 aliphatic heterocycles. The van der Waals surface area contributed by atoms with E-state index in [0.29, 0.717) is 0 Å². The lowest BCUT2D eigenvalue weighted by molar-refractivity contribution is -0.125. The van der Waals surface area contributed by atoms with Crippen molar-refractivity contribution in [3.8, 4) is 0 Å². The highest BCUT2D eigenvalue weighted by atomic mass is 19.3. The molecule has 0 amide bonds. The van der Waals surface area contributed by atoms with Crippen LogP contribution in [0.25, 0.3) is 0 Å². The van der Waals surface area contributed by atoms with Gasteiger partial charge in [0.1, 0.15) is 11.6 Å². The second kappa shape index (κ2) is 2.95. The minimum atomic E-state index is -2.87. The summed E-state index contributed by atoms with van der Waals surface area (Å²) in [7, 11) is 0. The van der Waals surface area contributed by atoms with Gasteiger partial charge in [0.05, 0.1) is 5.54 Å². The van der Waals surface area contributed by atoms with Crippen LogP contribution in [-0.2, 0) is 5.54 Å². The van der Waals surface area contributed by atoms with Gasteiger partial charge in [-0.2, -0.15) is 0 Å². The first-order chi connectivity index (χ1) is 6.82. The molecule has 1 aliphatic rings. The average Bonchev–Trinajstić information content (AvgIpc) is 2.05. The Morgan fingerprint density at radius 2 is 1.73 bits per heavy atom. The zero-order valence-electron chi connectivity index (χ0n) is 7.74. The van der Waals surface area contributed by atoms with E-state index in [9.17, 15) is 17.6 Å². The van der Waals surface area contributed by atoms with Crippen molar-refractivity contribution in [1.82, 2.24) is 0 Å². The Labute approximate surface area is 83.9 Å². The van der Waals surface area contributed by atoms with E-state index in [0.717, 1.165) is 18.2 Å². The van der Waals surface area contributed by atoms with E-state index in [2.05, 4.69) is 0 Å². The Bertz CT molecular complexity index is 394.